The van der Waals surface area contributed by atoms with Crippen molar-refractivity contribution in [2.75, 3.05) is 11.9 Å². The van der Waals surface area contributed by atoms with Crippen LogP contribution in [0.2, 0.25) is 0 Å². The lowest BCUT2D eigenvalue weighted by atomic mass is 10.3. The van der Waals surface area contributed by atoms with E-state index in [2.05, 4.69) is 10.4 Å². The van der Waals surface area contributed by atoms with Crippen molar-refractivity contribution in [3.05, 3.63) is 34.5 Å². The molecule has 0 aliphatic carbocycles. The molecule has 0 spiro atoms. The van der Waals surface area contributed by atoms with Gasteiger partial charge in [-0.1, -0.05) is 0 Å². The van der Waals surface area contributed by atoms with Crippen molar-refractivity contribution in [3.63, 3.8) is 0 Å². The SMILES string of the molecule is CCOC(=O)c1ccsc1NC(=O)c1cc(C)n(CC)n1. The third-order valence-corrected chi connectivity index (χ3v) is 3.73. The number of rotatable bonds is 5. The molecule has 21 heavy (non-hydrogen) atoms. The van der Waals surface area contributed by atoms with E-state index in [4.69, 9.17) is 4.74 Å². The van der Waals surface area contributed by atoms with Gasteiger partial charge in [0, 0.05) is 12.2 Å². The molecule has 7 heteroatoms. The number of carbonyl (C=O) groups excluding carboxylic acids is 2. The largest absolute Gasteiger partial charge is 0.462 e. The number of thiophene rings is 1. The maximum absolute atomic E-state index is 12.2. The molecule has 0 saturated carbocycles. The third kappa shape index (κ3) is 3.30. The van der Waals surface area contributed by atoms with Crippen LogP contribution in [0.4, 0.5) is 5.00 Å². The number of esters is 1. The molecule has 0 radical (unpaired) electrons. The predicted molar refractivity (Wildman–Crippen MR) is 80.9 cm³/mol. The molecule has 2 heterocycles. The van der Waals surface area contributed by atoms with Gasteiger partial charge in [-0.05, 0) is 38.3 Å². The van der Waals surface area contributed by atoms with Crippen molar-refractivity contribution in [1.82, 2.24) is 9.78 Å². The summed E-state index contributed by atoms with van der Waals surface area (Å²) < 4.78 is 6.70. The quantitative estimate of drug-likeness (QED) is 0.862. The second-order valence-corrected chi connectivity index (χ2v) is 5.24. The number of hydrogen-bond acceptors (Lipinski definition) is 5. The van der Waals surface area contributed by atoms with Gasteiger partial charge < -0.3 is 10.1 Å². The molecule has 0 aliphatic rings. The van der Waals surface area contributed by atoms with E-state index in [1.807, 2.05) is 13.8 Å². The van der Waals surface area contributed by atoms with Crippen molar-refractivity contribution in [1.29, 1.82) is 0 Å². The first-order valence-corrected chi connectivity index (χ1v) is 7.55. The number of ether oxygens (including phenoxy) is 1. The molecule has 2 aromatic heterocycles. The highest BCUT2D eigenvalue weighted by atomic mass is 32.1. The smallest absolute Gasteiger partial charge is 0.341 e. The minimum atomic E-state index is -0.440. The minimum Gasteiger partial charge on any atom is -0.462 e. The summed E-state index contributed by atoms with van der Waals surface area (Å²) in [5.74, 6) is -0.775. The summed E-state index contributed by atoms with van der Waals surface area (Å²) >= 11 is 1.28. The van der Waals surface area contributed by atoms with Gasteiger partial charge in [0.1, 0.15) is 5.00 Å². The Balaban J connectivity index is 2.16. The number of carbonyl (C=O) groups is 2. The van der Waals surface area contributed by atoms with E-state index in [1.165, 1.54) is 11.3 Å². The van der Waals surface area contributed by atoms with E-state index in [0.717, 1.165) is 5.69 Å². The normalized spacial score (nSPS) is 10.4. The Morgan fingerprint density at radius 3 is 2.81 bits per heavy atom. The van der Waals surface area contributed by atoms with Gasteiger partial charge in [0.05, 0.1) is 12.2 Å². The summed E-state index contributed by atoms with van der Waals surface area (Å²) in [5, 5.41) is 9.13. The number of nitrogens with one attached hydrogen (secondary N) is 1. The first-order chi connectivity index (χ1) is 10.1. The Hall–Kier alpha value is -2.15. The highest BCUT2D eigenvalue weighted by molar-refractivity contribution is 7.14. The van der Waals surface area contributed by atoms with Crippen molar-refractivity contribution < 1.29 is 14.3 Å². The molecule has 2 rings (SSSR count). The zero-order valence-electron chi connectivity index (χ0n) is 12.2. The first kappa shape index (κ1) is 15.2. The Morgan fingerprint density at radius 1 is 1.43 bits per heavy atom. The van der Waals surface area contributed by atoms with Crippen LogP contribution in [0.1, 0.15) is 40.4 Å². The summed E-state index contributed by atoms with van der Waals surface area (Å²) in [6, 6.07) is 3.35. The van der Waals surface area contributed by atoms with E-state index < -0.39 is 5.97 Å². The summed E-state index contributed by atoms with van der Waals surface area (Å²) in [7, 11) is 0. The van der Waals surface area contributed by atoms with Crippen LogP contribution in [0.15, 0.2) is 17.5 Å². The lowest BCUT2D eigenvalue weighted by Gasteiger charge is -2.04. The van der Waals surface area contributed by atoms with Crippen molar-refractivity contribution >= 4 is 28.2 Å². The fraction of sp³-hybridized carbons (Fsp3) is 0.357. The lowest BCUT2D eigenvalue weighted by Crippen LogP contribution is -2.15. The van der Waals surface area contributed by atoms with Crippen LogP contribution < -0.4 is 5.32 Å². The minimum absolute atomic E-state index is 0.294. The maximum atomic E-state index is 12.2. The topological polar surface area (TPSA) is 73.2 Å². The van der Waals surface area contributed by atoms with Crippen LogP contribution in [0.25, 0.3) is 0 Å². The van der Waals surface area contributed by atoms with Crippen LogP contribution in [-0.2, 0) is 11.3 Å². The molecule has 6 nitrogen and oxygen atoms in total. The summed E-state index contributed by atoms with van der Waals surface area (Å²) in [4.78, 5) is 24.0. The van der Waals surface area contributed by atoms with Gasteiger partial charge in [-0.15, -0.1) is 11.3 Å². The van der Waals surface area contributed by atoms with E-state index in [9.17, 15) is 9.59 Å². The summed E-state index contributed by atoms with van der Waals surface area (Å²) in [6.07, 6.45) is 0. The predicted octanol–water partition coefficient (Wildman–Crippen LogP) is 2.70. The number of hydrogen-bond donors (Lipinski definition) is 1. The fourth-order valence-electron chi connectivity index (χ4n) is 1.88. The molecule has 1 amide bonds. The molecular weight excluding hydrogens is 290 g/mol. The van der Waals surface area contributed by atoms with Gasteiger partial charge in [-0.25, -0.2) is 4.79 Å². The molecule has 0 unspecified atom stereocenters. The Labute approximate surface area is 126 Å². The number of aromatic nitrogens is 2. The summed E-state index contributed by atoms with van der Waals surface area (Å²) in [5.41, 5.74) is 1.61. The molecule has 1 N–H and O–H groups in total. The van der Waals surface area contributed by atoms with E-state index in [1.54, 1.807) is 29.1 Å². The summed E-state index contributed by atoms with van der Waals surface area (Å²) in [6.45, 7) is 6.58. The highest BCUT2D eigenvalue weighted by Gasteiger charge is 2.18. The maximum Gasteiger partial charge on any atom is 0.341 e. The number of aryl methyl sites for hydroxylation is 2. The van der Waals surface area contributed by atoms with Gasteiger partial charge in [0.25, 0.3) is 5.91 Å². The van der Waals surface area contributed by atoms with Crippen LogP contribution in [0.3, 0.4) is 0 Å². The number of anilines is 1. The number of amides is 1. The van der Waals surface area contributed by atoms with Crippen LogP contribution in [-0.4, -0.2) is 28.3 Å². The second kappa shape index (κ2) is 6.53. The second-order valence-electron chi connectivity index (χ2n) is 4.32. The van der Waals surface area contributed by atoms with Crippen LogP contribution in [0, 0.1) is 6.92 Å². The van der Waals surface area contributed by atoms with Crippen molar-refractivity contribution in [2.24, 2.45) is 0 Å². The Kier molecular flexibility index (Phi) is 4.74. The zero-order valence-corrected chi connectivity index (χ0v) is 13.0. The molecule has 0 saturated heterocycles. The van der Waals surface area contributed by atoms with Crippen LogP contribution >= 0.6 is 11.3 Å². The standard InChI is InChI=1S/C14H17N3O3S/c1-4-17-9(3)8-11(16-17)12(18)15-13-10(6-7-21-13)14(19)20-5-2/h6-8H,4-5H2,1-3H3,(H,15,18). The molecule has 112 valence electrons. The Bertz CT molecular complexity index is 660. The third-order valence-electron chi connectivity index (χ3n) is 2.90. The molecule has 0 atom stereocenters. The van der Waals surface area contributed by atoms with Gasteiger partial charge in [-0.2, -0.15) is 5.10 Å². The first-order valence-electron chi connectivity index (χ1n) is 6.67. The molecule has 2 aromatic rings. The van der Waals surface area contributed by atoms with Gasteiger partial charge in [0.15, 0.2) is 5.69 Å². The monoisotopic (exact) mass is 307 g/mol. The van der Waals surface area contributed by atoms with E-state index in [0.29, 0.717) is 29.4 Å². The average molecular weight is 307 g/mol. The van der Waals surface area contributed by atoms with Gasteiger partial charge in [-0.3, -0.25) is 9.48 Å². The molecule has 0 fully saturated rings. The molecule has 0 aromatic carbocycles. The molecular formula is C14H17N3O3S. The number of nitrogens with zero attached hydrogens (tertiary/aromatic N) is 2. The molecule has 0 aliphatic heterocycles. The fourth-order valence-corrected chi connectivity index (χ4v) is 2.65. The lowest BCUT2D eigenvalue weighted by molar-refractivity contribution is 0.0528. The Morgan fingerprint density at radius 2 is 2.19 bits per heavy atom. The van der Waals surface area contributed by atoms with Crippen molar-refractivity contribution in [2.45, 2.75) is 27.3 Å². The highest BCUT2D eigenvalue weighted by Crippen LogP contribution is 2.24. The van der Waals surface area contributed by atoms with Crippen molar-refractivity contribution in [3.8, 4) is 0 Å². The van der Waals surface area contributed by atoms with Gasteiger partial charge in [0.2, 0.25) is 0 Å². The van der Waals surface area contributed by atoms with E-state index >= 15 is 0 Å². The van der Waals surface area contributed by atoms with E-state index in [-0.39, 0.29) is 5.91 Å². The van der Waals surface area contributed by atoms with Gasteiger partial charge >= 0.3 is 5.97 Å². The average Bonchev–Trinajstić information content (AvgIpc) is 3.05. The van der Waals surface area contributed by atoms with Crippen LogP contribution in [0.5, 0.6) is 0 Å². The molecule has 0 bridgehead atoms. The zero-order chi connectivity index (χ0) is 15.4.